The smallest absolute Gasteiger partial charge is 0.0594 e. The Bertz CT molecular complexity index is 673. The van der Waals surface area contributed by atoms with Gasteiger partial charge in [-0.25, -0.2) is 0 Å². The molecule has 0 radical (unpaired) electrons. The van der Waals surface area contributed by atoms with Crippen LogP contribution >= 0.6 is 11.6 Å². The molecule has 3 nitrogen and oxygen atoms in total. The van der Waals surface area contributed by atoms with Crippen molar-refractivity contribution in [2.24, 2.45) is 0 Å². The molecule has 4 heteroatoms. The van der Waals surface area contributed by atoms with Gasteiger partial charge in [-0.2, -0.15) is 0 Å². The molecule has 1 saturated heterocycles. The van der Waals surface area contributed by atoms with Gasteiger partial charge in [0, 0.05) is 47.8 Å². The van der Waals surface area contributed by atoms with Crippen LogP contribution in [0.5, 0.6) is 0 Å². The third kappa shape index (κ3) is 2.66. The molecule has 2 aromatic rings. The number of fused-ring (bicyclic) bond motifs is 3. The highest BCUT2D eigenvalue weighted by molar-refractivity contribution is 6.31. The number of morpholine rings is 1. The van der Waals surface area contributed by atoms with Gasteiger partial charge < -0.3 is 9.30 Å². The van der Waals surface area contributed by atoms with E-state index in [1.54, 1.807) is 11.3 Å². The molecule has 0 unspecified atom stereocenters. The van der Waals surface area contributed by atoms with Gasteiger partial charge in [0.25, 0.3) is 0 Å². The zero-order chi connectivity index (χ0) is 14.9. The Morgan fingerprint density at radius 2 is 1.86 bits per heavy atom. The van der Waals surface area contributed by atoms with Crippen LogP contribution in [0, 0.1) is 0 Å². The lowest BCUT2D eigenvalue weighted by Crippen LogP contribution is -2.38. The second-order valence-corrected chi connectivity index (χ2v) is 6.84. The first-order valence-corrected chi connectivity index (χ1v) is 8.80. The van der Waals surface area contributed by atoms with Crippen molar-refractivity contribution in [3.05, 3.63) is 34.5 Å². The third-order valence-electron chi connectivity index (χ3n) is 5.08. The molecule has 2 heterocycles. The van der Waals surface area contributed by atoms with E-state index in [9.17, 15) is 0 Å². The van der Waals surface area contributed by atoms with Crippen molar-refractivity contribution in [1.29, 1.82) is 0 Å². The Balaban J connectivity index is 1.66. The van der Waals surface area contributed by atoms with Crippen LogP contribution in [-0.4, -0.2) is 42.3 Å². The second kappa shape index (κ2) is 6.23. The highest BCUT2D eigenvalue weighted by Gasteiger charge is 2.20. The van der Waals surface area contributed by atoms with Gasteiger partial charge in [-0.1, -0.05) is 11.6 Å². The van der Waals surface area contributed by atoms with Crippen LogP contribution < -0.4 is 0 Å². The molecule has 22 heavy (non-hydrogen) atoms. The van der Waals surface area contributed by atoms with Gasteiger partial charge >= 0.3 is 0 Å². The van der Waals surface area contributed by atoms with Gasteiger partial charge in [0.1, 0.15) is 0 Å². The van der Waals surface area contributed by atoms with Gasteiger partial charge in [-0.15, -0.1) is 0 Å². The Labute approximate surface area is 136 Å². The van der Waals surface area contributed by atoms with Crippen LogP contribution in [-0.2, 0) is 24.1 Å². The molecule has 1 aliphatic heterocycles. The molecule has 0 spiro atoms. The summed E-state index contributed by atoms with van der Waals surface area (Å²) in [5.41, 5.74) is 4.46. The molecule has 0 atom stereocenters. The number of halogens is 1. The van der Waals surface area contributed by atoms with Gasteiger partial charge in [-0.3, -0.25) is 4.90 Å². The largest absolute Gasteiger partial charge is 0.379 e. The van der Waals surface area contributed by atoms with Gasteiger partial charge in [0.15, 0.2) is 0 Å². The molecule has 0 bridgehead atoms. The van der Waals surface area contributed by atoms with Gasteiger partial charge in [-0.05, 0) is 49.4 Å². The van der Waals surface area contributed by atoms with Crippen LogP contribution in [0.3, 0.4) is 0 Å². The Kier molecular flexibility index (Phi) is 4.12. The fourth-order valence-corrected chi connectivity index (χ4v) is 4.10. The number of rotatable bonds is 3. The highest BCUT2D eigenvalue weighted by atomic mass is 35.5. The second-order valence-electron chi connectivity index (χ2n) is 6.40. The SMILES string of the molecule is Clc1ccc2c(c1)c1c(n2CCN2CCOCC2)CCCC1. The van der Waals surface area contributed by atoms with Crippen LogP contribution in [0.15, 0.2) is 18.2 Å². The first-order chi connectivity index (χ1) is 10.8. The number of ether oxygens (including phenoxy) is 1. The Morgan fingerprint density at radius 1 is 1.05 bits per heavy atom. The van der Waals surface area contributed by atoms with E-state index in [2.05, 4.69) is 21.6 Å². The Morgan fingerprint density at radius 3 is 2.73 bits per heavy atom. The summed E-state index contributed by atoms with van der Waals surface area (Å²) in [6, 6.07) is 6.39. The third-order valence-corrected chi connectivity index (χ3v) is 5.32. The predicted molar refractivity (Wildman–Crippen MR) is 90.8 cm³/mol. The molecule has 118 valence electrons. The van der Waals surface area contributed by atoms with Crippen molar-refractivity contribution >= 4 is 22.5 Å². The first kappa shape index (κ1) is 14.6. The first-order valence-electron chi connectivity index (χ1n) is 8.42. The van der Waals surface area contributed by atoms with Crippen LogP contribution in [0.4, 0.5) is 0 Å². The molecule has 1 fully saturated rings. The molecule has 1 aromatic heterocycles. The zero-order valence-electron chi connectivity index (χ0n) is 13.0. The number of aryl methyl sites for hydroxylation is 1. The van der Waals surface area contributed by atoms with E-state index >= 15 is 0 Å². The molecular formula is C18H23ClN2O. The van der Waals surface area contributed by atoms with E-state index in [4.69, 9.17) is 16.3 Å². The maximum Gasteiger partial charge on any atom is 0.0594 e. The summed E-state index contributed by atoms with van der Waals surface area (Å²) in [5, 5.41) is 2.23. The molecule has 0 amide bonds. The van der Waals surface area contributed by atoms with E-state index < -0.39 is 0 Å². The van der Waals surface area contributed by atoms with Crippen LogP contribution in [0.25, 0.3) is 10.9 Å². The van der Waals surface area contributed by atoms with Gasteiger partial charge in [0.2, 0.25) is 0 Å². The normalized spacial score (nSPS) is 19.5. The number of aromatic nitrogens is 1. The molecule has 0 N–H and O–H groups in total. The van der Waals surface area contributed by atoms with Crippen LogP contribution in [0.2, 0.25) is 5.02 Å². The highest BCUT2D eigenvalue weighted by Crippen LogP contribution is 2.33. The molecule has 0 saturated carbocycles. The summed E-state index contributed by atoms with van der Waals surface area (Å²) < 4.78 is 8.00. The molecular weight excluding hydrogens is 296 g/mol. The summed E-state index contributed by atoms with van der Waals surface area (Å²) in [5.74, 6) is 0. The fraction of sp³-hybridized carbons (Fsp3) is 0.556. The van der Waals surface area contributed by atoms with E-state index in [1.807, 2.05) is 6.07 Å². The quantitative estimate of drug-likeness (QED) is 0.861. The minimum absolute atomic E-state index is 0.853. The summed E-state index contributed by atoms with van der Waals surface area (Å²) in [6.07, 6.45) is 5.04. The average Bonchev–Trinajstić information content (AvgIpc) is 2.87. The van der Waals surface area contributed by atoms with Crippen molar-refractivity contribution < 1.29 is 4.74 Å². The lowest BCUT2D eigenvalue weighted by Gasteiger charge is -2.27. The fourth-order valence-electron chi connectivity index (χ4n) is 3.93. The minimum atomic E-state index is 0.853. The van der Waals surface area contributed by atoms with E-state index in [0.29, 0.717) is 0 Å². The van der Waals surface area contributed by atoms with Crippen molar-refractivity contribution in [1.82, 2.24) is 9.47 Å². The van der Waals surface area contributed by atoms with E-state index in [1.165, 1.54) is 36.6 Å². The number of hydrogen-bond acceptors (Lipinski definition) is 2. The minimum Gasteiger partial charge on any atom is -0.379 e. The zero-order valence-corrected chi connectivity index (χ0v) is 13.7. The monoisotopic (exact) mass is 318 g/mol. The van der Waals surface area contributed by atoms with E-state index in [-0.39, 0.29) is 0 Å². The van der Waals surface area contributed by atoms with Crippen molar-refractivity contribution in [2.45, 2.75) is 32.2 Å². The molecule has 4 rings (SSSR count). The van der Waals surface area contributed by atoms with E-state index in [0.717, 1.165) is 44.4 Å². The van der Waals surface area contributed by atoms with Gasteiger partial charge in [0.05, 0.1) is 13.2 Å². The van der Waals surface area contributed by atoms with Crippen molar-refractivity contribution in [3.63, 3.8) is 0 Å². The number of hydrogen-bond donors (Lipinski definition) is 0. The molecule has 1 aliphatic carbocycles. The average molecular weight is 319 g/mol. The van der Waals surface area contributed by atoms with Crippen LogP contribution in [0.1, 0.15) is 24.1 Å². The maximum atomic E-state index is 6.24. The number of benzene rings is 1. The molecule has 2 aliphatic rings. The topological polar surface area (TPSA) is 17.4 Å². The lowest BCUT2D eigenvalue weighted by atomic mass is 9.95. The predicted octanol–water partition coefficient (Wildman–Crippen LogP) is 3.51. The van der Waals surface area contributed by atoms with Crippen molar-refractivity contribution in [2.75, 3.05) is 32.8 Å². The standard InChI is InChI=1S/C18H23ClN2O/c19-14-5-6-18-16(13-14)15-3-1-2-4-17(15)21(18)8-7-20-9-11-22-12-10-20/h5-6,13H,1-4,7-12H2. The Hall–Kier alpha value is -1.03. The maximum absolute atomic E-state index is 6.24. The molecule has 1 aromatic carbocycles. The summed E-state index contributed by atoms with van der Waals surface area (Å²) in [4.78, 5) is 2.51. The summed E-state index contributed by atoms with van der Waals surface area (Å²) >= 11 is 6.24. The van der Waals surface area contributed by atoms with Crippen molar-refractivity contribution in [3.8, 4) is 0 Å². The summed E-state index contributed by atoms with van der Waals surface area (Å²) in [7, 11) is 0. The lowest BCUT2D eigenvalue weighted by molar-refractivity contribution is 0.0364. The number of nitrogens with zero attached hydrogens (tertiary/aromatic N) is 2. The summed E-state index contributed by atoms with van der Waals surface area (Å²) in [6.45, 7) is 6.07.